The van der Waals surface area contributed by atoms with E-state index in [0.29, 0.717) is 18.8 Å². The predicted octanol–water partition coefficient (Wildman–Crippen LogP) is 2.82. The molecule has 3 heteroatoms. The Morgan fingerprint density at radius 1 is 1.38 bits per heavy atom. The maximum Gasteiger partial charge on any atom is 0.159 e. The van der Waals surface area contributed by atoms with Gasteiger partial charge in [0.25, 0.3) is 0 Å². The molecule has 0 aliphatic heterocycles. The van der Waals surface area contributed by atoms with Crippen LogP contribution in [0.25, 0.3) is 0 Å². The van der Waals surface area contributed by atoms with E-state index in [2.05, 4.69) is 6.92 Å². The van der Waals surface area contributed by atoms with Gasteiger partial charge in [0.2, 0.25) is 0 Å². The fourth-order valence-corrected chi connectivity index (χ4v) is 1.44. The Kier molecular flexibility index (Phi) is 4.99. The third kappa shape index (κ3) is 3.35. The first-order valence-corrected chi connectivity index (χ1v) is 5.44. The monoisotopic (exact) mass is 222 g/mol. The summed E-state index contributed by atoms with van der Waals surface area (Å²) in [5.41, 5.74) is 1.61. The van der Waals surface area contributed by atoms with E-state index in [1.165, 1.54) is 0 Å². The number of Topliss-reactive ketones (excluding diaryl/α,β-unsaturated/α-hetero) is 1. The van der Waals surface area contributed by atoms with E-state index in [1.807, 2.05) is 6.07 Å². The van der Waals surface area contributed by atoms with E-state index in [9.17, 15) is 4.79 Å². The minimum absolute atomic E-state index is 0.0550. The number of ether oxygens (including phenoxy) is 2. The summed E-state index contributed by atoms with van der Waals surface area (Å²) in [6.45, 7) is 4.81. The van der Waals surface area contributed by atoms with Crippen molar-refractivity contribution in [1.82, 2.24) is 0 Å². The highest BCUT2D eigenvalue weighted by molar-refractivity contribution is 5.94. The summed E-state index contributed by atoms with van der Waals surface area (Å²) in [5.74, 6) is 0.820. The normalized spacial score (nSPS) is 10.2. The average Bonchev–Trinajstić information content (AvgIpc) is 2.29. The van der Waals surface area contributed by atoms with Gasteiger partial charge in [-0.15, -0.1) is 0 Å². The summed E-state index contributed by atoms with van der Waals surface area (Å²) in [6.07, 6.45) is 0.981. The van der Waals surface area contributed by atoms with Crippen LogP contribution in [-0.2, 0) is 11.3 Å². The Morgan fingerprint density at radius 2 is 2.12 bits per heavy atom. The molecule has 0 bridgehead atoms. The van der Waals surface area contributed by atoms with Crippen molar-refractivity contribution in [3.63, 3.8) is 0 Å². The molecule has 0 saturated carbocycles. The lowest BCUT2D eigenvalue weighted by molar-refractivity contribution is 0.101. The average molecular weight is 222 g/mol. The van der Waals surface area contributed by atoms with Crippen LogP contribution >= 0.6 is 0 Å². The maximum atomic E-state index is 11.2. The Labute approximate surface area is 96.4 Å². The molecule has 3 nitrogen and oxygen atoms in total. The molecule has 0 fully saturated rings. The molecule has 0 unspecified atom stereocenters. The van der Waals surface area contributed by atoms with Crippen LogP contribution in [0.4, 0.5) is 0 Å². The van der Waals surface area contributed by atoms with Gasteiger partial charge in [-0.05, 0) is 31.5 Å². The van der Waals surface area contributed by atoms with Crippen molar-refractivity contribution in [2.75, 3.05) is 13.7 Å². The Morgan fingerprint density at radius 3 is 2.69 bits per heavy atom. The molecule has 1 rings (SSSR count). The largest absolute Gasteiger partial charge is 0.496 e. The van der Waals surface area contributed by atoms with Crippen molar-refractivity contribution in [1.29, 1.82) is 0 Å². The second-order valence-corrected chi connectivity index (χ2v) is 3.64. The van der Waals surface area contributed by atoms with Gasteiger partial charge in [-0.25, -0.2) is 0 Å². The van der Waals surface area contributed by atoms with E-state index < -0.39 is 0 Å². The van der Waals surface area contributed by atoms with Crippen LogP contribution in [0, 0.1) is 0 Å². The molecule has 0 aliphatic carbocycles. The van der Waals surface area contributed by atoms with Crippen LogP contribution < -0.4 is 4.74 Å². The number of rotatable bonds is 6. The van der Waals surface area contributed by atoms with Crippen molar-refractivity contribution in [3.05, 3.63) is 29.3 Å². The van der Waals surface area contributed by atoms with E-state index in [0.717, 1.165) is 17.7 Å². The van der Waals surface area contributed by atoms with Crippen molar-refractivity contribution in [3.8, 4) is 5.75 Å². The fraction of sp³-hybridized carbons (Fsp3) is 0.462. The van der Waals surface area contributed by atoms with E-state index in [-0.39, 0.29) is 5.78 Å². The topological polar surface area (TPSA) is 35.5 Å². The summed E-state index contributed by atoms with van der Waals surface area (Å²) in [5, 5.41) is 0. The minimum Gasteiger partial charge on any atom is -0.496 e. The summed E-state index contributed by atoms with van der Waals surface area (Å²) in [4.78, 5) is 11.2. The highest BCUT2D eigenvalue weighted by Crippen LogP contribution is 2.21. The molecule has 88 valence electrons. The van der Waals surface area contributed by atoms with Crippen molar-refractivity contribution < 1.29 is 14.3 Å². The van der Waals surface area contributed by atoms with E-state index in [1.54, 1.807) is 26.2 Å². The maximum absolute atomic E-state index is 11.2. The van der Waals surface area contributed by atoms with Crippen molar-refractivity contribution >= 4 is 5.78 Å². The first-order chi connectivity index (χ1) is 7.69. The van der Waals surface area contributed by atoms with Crippen molar-refractivity contribution in [2.24, 2.45) is 0 Å². The second-order valence-electron chi connectivity index (χ2n) is 3.64. The molecule has 0 N–H and O–H groups in total. The standard InChI is InChI=1S/C13H18O3/c1-4-7-16-9-12-8-11(10(2)14)5-6-13(12)15-3/h5-6,8H,4,7,9H2,1-3H3. The molecule has 0 aromatic heterocycles. The number of hydrogen-bond acceptors (Lipinski definition) is 3. The minimum atomic E-state index is 0.0550. The summed E-state index contributed by atoms with van der Waals surface area (Å²) in [7, 11) is 1.62. The van der Waals surface area contributed by atoms with Gasteiger partial charge in [0.05, 0.1) is 13.7 Å². The van der Waals surface area contributed by atoms with E-state index >= 15 is 0 Å². The SMILES string of the molecule is CCCOCc1cc(C(C)=O)ccc1OC. The zero-order valence-corrected chi connectivity index (χ0v) is 10.1. The summed E-state index contributed by atoms with van der Waals surface area (Å²) in [6, 6.07) is 5.41. The van der Waals surface area contributed by atoms with Crippen LogP contribution in [-0.4, -0.2) is 19.5 Å². The van der Waals surface area contributed by atoms with E-state index in [4.69, 9.17) is 9.47 Å². The highest BCUT2D eigenvalue weighted by atomic mass is 16.5. The molecular weight excluding hydrogens is 204 g/mol. The van der Waals surface area contributed by atoms with Gasteiger partial charge in [-0.3, -0.25) is 4.79 Å². The van der Waals surface area contributed by atoms with Gasteiger partial charge < -0.3 is 9.47 Å². The second kappa shape index (κ2) is 6.28. The van der Waals surface area contributed by atoms with Crippen LogP contribution in [0.1, 0.15) is 36.2 Å². The lowest BCUT2D eigenvalue weighted by Crippen LogP contribution is -2.00. The van der Waals surface area contributed by atoms with Crippen LogP contribution in [0.3, 0.4) is 0 Å². The van der Waals surface area contributed by atoms with Crippen molar-refractivity contribution in [2.45, 2.75) is 26.9 Å². The first kappa shape index (κ1) is 12.7. The third-order valence-corrected chi connectivity index (χ3v) is 2.29. The van der Waals surface area contributed by atoms with Crippen LogP contribution in [0.2, 0.25) is 0 Å². The van der Waals surface area contributed by atoms with Gasteiger partial charge in [0.15, 0.2) is 5.78 Å². The molecular formula is C13H18O3. The van der Waals surface area contributed by atoms with Gasteiger partial charge in [-0.2, -0.15) is 0 Å². The molecule has 0 aliphatic rings. The quantitative estimate of drug-likeness (QED) is 0.548. The molecule has 0 atom stereocenters. The fourth-order valence-electron chi connectivity index (χ4n) is 1.44. The van der Waals surface area contributed by atoms with Gasteiger partial charge in [-0.1, -0.05) is 6.92 Å². The number of benzene rings is 1. The van der Waals surface area contributed by atoms with Gasteiger partial charge in [0.1, 0.15) is 5.75 Å². The lowest BCUT2D eigenvalue weighted by atomic mass is 10.1. The number of methoxy groups -OCH3 is 1. The third-order valence-electron chi connectivity index (χ3n) is 2.29. The molecule has 0 spiro atoms. The number of carbonyl (C=O) groups excluding carboxylic acids is 1. The molecule has 16 heavy (non-hydrogen) atoms. The molecule has 0 amide bonds. The number of carbonyl (C=O) groups is 1. The zero-order chi connectivity index (χ0) is 12.0. The Bertz CT molecular complexity index is 358. The molecule has 0 saturated heterocycles. The number of hydrogen-bond donors (Lipinski definition) is 0. The van der Waals surface area contributed by atoms with Gasteiger partial charge in [0, 0.05) is 17.7 Å². The zero-order valence-electron chi connectivity index (χ0n) is 10.1. The van der Waals surface area contributed by atoms with Crippen LogP contribution in [0.15, 0.2) is 18.2 Å². The Hall–Kier alpha value is -1.35. The number of ketones is 1. The highest BCUT2D eigenvalue weighted by Gasteiger charge is 2.07. The molecule has 1 aromatic rings. The smallest absolute Gasteiger partial charge is 0.159 e. The molecule has 1 aromatic carbocycles. The summed E-state index contributed by atoms with van der Waals surface area (Å²) >= 11 is 0. The molecule has 0 radical (unpaired) electrons. The Balaban J connectivity index is 2.84. The van der Waals surface area contributed by atoms with Crippen LogP contribution in [0.5, 0.6) is 5.75 Å². The molecule has 0 heterocycles. The van der Waals surface area contributed by atoms with Gasteiger partial charge >= 0.3 is 0 Å². The summed E-state index contributed by atoms with van der Waals surface area (Å²) < 4.78 is 10.7. The lowest BCUT2D eigenvalue weighted by Gasteiger charge is -2.10. The first-order valence-electron chi connectivity index (χ1n) is 5.44. The predicted molar refractivity (Wildman–Crippen MR) is 62.9 cm³/mol.